The fourth-order valence-corrected chi connectivity index (χ4v) is 10.9. The molecule has 0 aliphatic rings. The van der Waals surface area contributed by atoms with Gasteiger partial charge in [-0.15, -0.1) is 0 Å². The van der Waals surface area contributed by atoms with Crippen LogP contribution < -0.4 is 9.47 Å². The molecule has 0 fully saturated rings. The molecule has 10 aromatic carbocycles. The third-order valence-corrected chi connectivity index (χ3v) is 18.9. The van der Waals surface area contributed by atoms with E-state index >= 15 is 0 Å². The average Bonchev–Trinajstić information content (AvgIpc) is 0.841. The zero-order valence-corrected chi connectivity index (χ0v) is 78.8. The predicted molar refractivity (Wildman–Crippen MR) is 489 cm³/mol. The summed E-state index contributed by atoms with van der Waals surface area (Å²) < 4.78 is 159. The van der Waals surface area contributed by atoms with Gasteiger partial charge in [0.2, 0.25) is 0 Å². The first kappa shape index (κ1) is 110. The van der Waals surface area contributed by atoms with E-state index in [4.69, 9.17) is 16.3 Å². The number of benzene rings is 10. The molecule has 0 aromatic heterocycles. The van der Waals surface area contributed by atoms with E-state index in [2.05, 4.69) is 157 Å². The molecule has 15 heteroatoms. The highest BCUT2D eigenvalue weighted by Crippen LogP contribution is 2.36. The molecule has 0 bridgehead atoms. The van der Waals surface area contributed by atoms with E-state index in [0.29, 0.717) is 11.5 Å². The van der Waals surface area contributed by atoms with Crippen molar-refractivity contribution >= 4 is 11.6 Å². The first-order valence-electron chi connectivity index (χ1n) is 40.8. The van der Waals surface area contributed by atoms with E-state index in [1.807, 2.05) is 177 Å². The van der Waals surface area contributed by atoms with Gasteiger partial charge in [0.25, 0.3) is 12.3 Å². The van der Waals surface area contributed by atoms with Crippen LogP contribution in [0.5, 0.6) is 11.5 Å². The summed E-state index contributed by atoms with van der Waals surface area (Å²) in [6, 6.07) is 70.7. The van der Waals surface area contributed by atoms with Crippen LogP contribution in [-0.2, 0) is 60.8 Å². The highest BCUT2D eigenvalue weighted by atomic mass is 35.5. The molecule has 2 nitrogen and oxygen atoms in total. The maximum absolute atomic E-state index is 13.1. The van der Waals surface area contributed by atoms with Crippen molar-refractivity contribution in [3.63, 3.8) is 0 Å². The van der Waals surface area contributed by atoms with Gasteiger partial charge >= 0.3 is 12.8 Å². The van der Waals surface area contributed by atoms with Crippen molar-refractivity contribution in [2.75, 3.05) is 7.11 Å². The number of hydrogen-bond donors (Lipinski definition) is 0. The van der Waals surface area contributed by atoms with Crippen molar-refractivity contribution in [2.24, 2.45) is 0 Å². The van der Waals surface area contributed by atoms with Gasteiger partial charge in [-0.1, -0.05) is 376 Å². The lowest BCUT2D eigenvalue weighted by molar-refractivity contribution is -0.137. The van der Waals surface area contributed by atoms with Crippen LogP contribution in [0.4, 0.5) is 52.7 Å². The van der Waals surface area contributed by atoms with Crippen LogP contribution in [0.1, 0.15) is 298 Å². The topological polar surface area (TPSA) is 18.5 Å². The first-order valence-corrected chi connectivity index (χ1v) is 41.2. The maximum Gasteiger partial charge on any atom is 0.416 e. The van der Waals surface area contributed by atoms with Gasteiger partial charge in [0.1, 0.15) is 29.0 Å². The lowest BCUT2D eigenvalue weighted by atomic mass is 9.86. The normalized spacial score (nSPS) is 11.9. The molecular formula is C106H139ClF12O2. The Morgan fingerprint density at radius 3 is 0.983 bits per heavy atom. The number of rotatable bonds is 6. The summed E-state index contributed by atoms with van der Waals surface area (Å²) in [4.78, 5) is 0. The van der Waals surface area contributed by atoms with Crippen molar-refractivity contribution in [3.05, 3.63) is 343 Å². The number of halogens is 13. The van der Waals surface area contributed by atoms with E-state index in [0.717, 1.165) is 51.6 Å². The quantitative estimate of drug-likeness (QED) is 0.155. The second kappa shape index (κ2) is 47.8. The molecule has 0 radical (unpaired) electrons. The van der Waals surface area contributed by atoms with Gasteiger partial charge in [0.15, 0.2) is 0 Å². The van der Waals surface area contributed by atoms with Gasteiger partial charge in [-0.25, -0.2) is 30.7 Å². The number of aryl methyl sites for hydroxylation is 1. The van der Waals surface area contributed by atoms with E-state index in [9.17, 15) is 52.7 Å². The average molecular weight is 1710 g/mol. The summed E-state index contributed by atoms with van der Waals surface area (Å²) in [5.41, 5.74) is 11.7. The Kier molecular flexibility index (Phi) is 43.5. The predicted octanol–water partition coefficient (Wildman–Crippen LogP) is 34.7. The Labute approximate surface area is 725 Å². The van der Waals surface area contributed by atoms with Crippen molar-refractivity contribution < 1.29 is 62.2 Å². The van der Waals surface area contributed by atoms with Crippen LogP contribution in [-0.4, -0.2) is 13.7 Å². The van der Waals surface area contributed by atoms with E-state index in [-0.39, 0.29) is 83.1 Å². The minimum absolute atomic E-state index is 0.0437. The van der Waals surface area contributed by atoms with Crippen LogP contribution in [0, 0.1) is 24.4 Å². The molecule has 10 rings (SSSR count). The molecule has 10 aromatic rings. The second-order valence-electron chi connectivity index (χ2n) is 39.4. The Hall–Kier alpha value is -8.75. The van der Waals surface area contributed by atoms with E-state index in [1.54, 1.807) is 67.8 Å². The van der Waals surface area contributed by atoms with Gasteiger partial charge in [0, 0.05) is 23.1 Å². The van der Waals surface area contributed by atoms with Crippen molar-refractivity contribution in [1.82, 2.24) is 0 Å². The Bertz CT molecular complexity index is 4370. The number of methoxy groups -OCH3 is 1. The van der Waals surface area contributed by atoms with Crippen molar-refractivity contribution in [3.8, 4) is 11.5 Å². The Morgan fingerprint density at radius 2 is 0.628 bits per heavy atom. The lowest BCUT2D eigenvalue weighted by Gasteiger charge is -2.21. The number of alkyl halides is 9. The third-order valence-electron chi connectivity index (χ3n) is 18.7. The lowest BCUT2D eigenvalue weighted by Crippen LogP contribution is -2.14. The monoisotopic (exact) mass is 1710 g/mol. The fourth-order valence-electron chi connectivity index (χ4n) is 10.7. The third kappa shape index (κ3) is 44.8. The summed E-state index contributed by atoms with van der Waals surface area (Å²) in [6.45, 7) is 60.3. The molecule has 0 saturated carbocycles. The zero-order valence-electron chi connectivity index (χ0n) is 78.1. The maximum atomic E-state index is 13.1. The van der Waals surface area contributed by atoms with Crippen molar-refractivity contribution in [2.45, 2.75) is 294 Å². The SMILES string of the molecule is CC(C)(C)c1ccc(Cl)cc1.CC(C)(C)c1ccc(F)cc1.CC(C)(C)c1cccc(C(C)(F)F)c1.CC(C)(C)c1cccc(C(F)(F)F)c1.CC(C)(C)c1cccc(C(F)F)c1.CC(C)(C)c1cccc(F)c1.CC(C)(C)c1cccc(OC(F)F)c1.CC(C)(C)c1ccccc1F.COc1cccc(C(C)C)c1.Cc1cccc(C(C)(C)C)c1. The molecule has 0 unspecified atom stereocenters. The highest BCUT2D eigenvalue weighted by molar-refractivity contribution is 6.30. The summed E-state index contributed by atoms with van der Waals surface area (Å²) >= 11 is 5.76. The summed E-state index contributed by atoms with van der Waals surface area (Å²) in [7, 11) is 1.69. The van der Waals surface area contributed by atoms with Crippen LogP contribution in [0.25, 0.3) is 0 Å². The molecule has 0 amide bonds. The zero-order chi connectivity index (χ0) is 93.5. The molecule has 0 N–H and O–H groups in total. The van der Waals surface area contributed by atoms with Gasteiger partial charge in [0.05, 0.1) is 12.7 Å². The van der Waals surface area contributed by atoms with Crippen LogP contribution in [0.3, 0.4) is 0 Å². The first-order chi connectivity index (χ1) is 55.0. The molecular weight excluding hydrogens is 1570 g/mol. The van der Waals surface area contributed by atoms with Crippen LogP contribution in [0.15, 0.2) is 243 Å². The molecule has 0 saturated heterocycles. The standard InChI is InChI=1S/C12H16F2.C11H13F3.C11H14F2O.C11H14F2.C11H16.C10H13Cl.3C10H13F.C10H14O/c1-11(2,3)9-6-5-7-10(8-9)12(4,13)14;1-10(2,3)8-5-4-6-9(7-8)11(12,13)14;1-11(2,3)8-5-4-6-9(7-8)14-10(12)13;1-11(2,3)9-6-4-5-8(7-9)10(12)13;1-9-6-5-7-10(8-9)11(2,3)4;2*1-10(2,3)8-4-6-9(11)7-5-8;1-10(2,3)8-5-4-6-9(11)7-8;1-10(2,3)8-6-4-5-7-9(8)11;1-8(2)9-5-4-6-10(7-9)11-3/h5-8H,1-4H3;4-7H,1-3H3;4-7,10H,1-3H3;4-7,10H,1-3H3;5-8H,1-4H3;4*4-7H,1-3H3;4-8H,1-3H3. The number of ether oxygens (including phenoxy) is 2. The minimum atomic E-state index is -4.25. The molecule has 0 aliphatic carbocycles. The molecule has 0 spiro atoms. The van der Waals surface area contributed by atoms with Crippen LogP contribution >= 0.6 is 11.6 Å². The van der Waals surface area contributed by atoms with Gasteiger partial charge in [-0.05, 0) is 202 Å². The fraction of sp³-hybridized carbons (Fsp3) is 0.434. The van der Waals surface area contributed by atoms with Crippen LogP contribution in [0.2, 0.25) is 5.02 Å². The van der Waals surface area contributed by atoms with Crippen molar-refractivity contribution in [1.29, 1.82) is 0 Å². The van der Waals surface area contributed by atoms with Gasteiger partial charge in [-0.3, -0.25) is 0 Å². The molecule has 0 aliphatic heterocycles. The largest absolute Gasteiger partial charge is 0.497 e. The number of hydrogen-bond acceptors (Lipinski definition) is 2. The second-order valence-corrected chi connectivity index (χ2v) is 39.9. The summed E-state index contributed by atoms with van der Waals surface area (Å²) in [5, 5.41) is 0.804. The smallest absolute Gasteiger partial charge is 0.416 e. The highest BCUT2D eigenvalue weighted by Gasteiger charge is 2.32. The van der Waals surface area contributed by atoms with Gasteiger partial charge in [-0.2, -0.15) is 22.0 Å². The summed E-state index contributed by atoms with van der Waals surface area (Å²) in [6.07, 6.45) is -6.62. The molecule has 121 heavy (non-hydrogen) atoms. The minimum Gasteiger partial charge on any atom is -0.497 e. The molecule has 666 valence electrons. The Balaban J connectivity index is 0.000000673. The van der Waals surface area contributed by atoms with E-state index < -0.39 is 30.7 Å². The van der Waals surface area contributed by atoms with Gasteiger partial charge < -0.3 is 9.47 Å². The Morgan fingerprint density at radius 1 is 0.289 bits per heavy atom. The summed E-state index contributed by atoms with van der Waals surface area (Å²) in [5.74, 6) is -1.45. The molecule has 0 heterocycles. The van der Waals surface area contributed by atoms with E-state index in [1.165, 1.54) is 82.4 Å². The molecule has 0 atom stereocenters.